The molecule has 2 nitrogen and oxygen atoms in total. The molecule has 0 saturated heterocycles. The van der Waals surface area contributed by atoms with Crippen LogP contribution in [0.2, 0.25) is 0 Å². The van der Waals surface area contributed by atoms with Gasteiger partial charge >= 0.3 is 0 Å². The molecule has 18 heavy (non-hydrogen) atoms. The minimum Gasteiger partial charge on any atom is -0.492 e. The number of benzene rings is 1. The molecule has 0 aliphatic carbocycles. The SMILES string of the molecule is CCCNC(C)COc1cccc(C(C)(C)C)c1. The lowest BCUT2D eigenvalue weighted by Crippen LogP contribution is -2.32. The van der Waals surface area contributed by atoms with E-state index in [1.165, 1.54) is 5.56 Å². The summed E-state index contributed by atoms with van der Waals surface area (Å²) in [6.07, 6.45) is 1.16. The maximum Gasteiger partial charge on any atom is 0.119 e. The molecular formula is C16H27NO. The van der Waals surface area contributed by atoms with Crippen LogP contribution < -0.4 is 10.1 Å². The highest BCUT2D eigenvalue weighted by atomic mass is 16.5. The summed E-state index contributed by atoms with van der Waals surface area (Å²) >= 11 is 0. The minimum atomic E-state index is 0.172. The molecule has 0 aliphatic rings. The topological polar surface area (TPSA) is 21.3 Å². The highest BCUT2D eigenvalue weighted by Gasteiger charge is 2.14. The molecule has 1 aromatic carbocycles. The smallest absolute Gasteiger partial charge is 0.119 e. The molecule has 0 bridgehead atoms. The van der Waals surface area contributed by atoms with Crippen LogP contribution in [-0.2, 0) is 5.41 Å². The van der Waals surface area contributed by atoms with Gasteiger partial charge in [0.25, 0.3) is 0 Å². The van der Waals surface area contributed by atoms with Gasteiger partial charge in [0.15, 0.2) is 0 Å². The van der Waals surface area contributed by atoms with E-state index in [1.54, 1.807) is 0 Å². The van der Waals surface area contributed by atoms with Gasteiger partial charge < -0.3 is 10.1 Å². The zero-order chi connectivity index (χ0) is 13.6. The van der Waals surface area contributed by atoms with Crippen molar-refractivity contribution in [2.75, 3.05) is 13.2 Å². The zero-order valence-corrected chi connectivity index (χ0v) is 12.4. The van der Waals surface area contributed by atoms with Crippen molar-refractivity contribution >= 4 is 0 Å². The van der Waals surface area contributed by atoms with Gasteiger partial charge in [-0.2, -0.15) is 0 Å². The normalized spacial score (nSPS) is 13.4. The van der Waals surface area contributed by atoms with Crippen molar-refractivity contribution in [1.82, 2.24) is 5.32 Å². The van der Waals surface area contributed by atoms with E-state index in [9.17, 15) is 0 Å². The molecule has 0 radical (unpaired) electrons. The number of hydrogen-bond donors (Lipinski definition) is 1. The second-order valence-electron chi connectivity index (χ2n) is 5.94. The number of nitrogens with one attached hydrogen (secondary N) is 1. The predicted molar refractivity (Wildman–Crippen MR) is 78.4 cm³/mol. The number of rotatable bonds is 6. The predicted octanol–water partition coefficient (Wildman–Crippen LogP) is 3.75. The molecule has 0 spiro atoms. The summed E-state index contributed by atoms with van der Waals surface area (Å²) < 4.78 is 5.84. The molecule has 0 amide bonds. The summed E-state index contributed by atoms with van der Waals surface area (Å²) in [6, 6.07) is 8.79. The van der Waals surface area contributed by atoms with Gasteiger partial charge in [-0.25, -0.2) is 0 Å². The van der Waals surface area contributed by atoms with Gasteiger partial charge in [0.2, 0.25) is 0 Å². The monoisotopic (exact) mass is 249 g/mol. The molecule has 102 valence electrons. The van der Waals surface area contributed by atoms with Gasteiger partial charge in [0.05, 0.1) is 0 Å². The van der Waals surface area contributed by atoms with Gasteiger partial charge in [-0.1, -0.05) is 39.8 Å². The molecule has 1 unspecified atom stereocenters. The zero-order valence-electron chi connectivity index (χ0n) is 12.4. The Bertz CT molecular complexity index is 354. The second-order valence-corrected chi connectivity index (χ2v) is 5.94. The third-order valence-corrected chi connectivity index (χ3v) is 2.94. The maximum atomic E-state index is 5.84. The van der Waals surface area contributed by atoms with Crippen molar-refractivity contribution in [1.29, 1.82) is 0 Å². The molecule has 2 heteroatoms. The van der Waals surface area contributed by atoms with Crippen LogP contribution in [0.4, 0.5) is 0 Å². The molecule has 1 aromatic rings. The number of hydrogen-bond acceptors (Lipinski definition) is 2. The molecule has 0 fully saturated rings. The second kappa shape index (κ2) is 6.79. The van der Waals surface area contributed by atoms with E-state index in [2.05, 4.69) is 58.1 Å². The van der Waals surface area contributed by atoms with Crippen molar-refractivity contribution in [3.8, 4) is 5.75 Å². The first-order chi connectivity index (χ1) is 8.43. The largest absolute Gasteiger partial charge is 0.492 e. The maximum absolute atomic E-state index is 5.84. The Hall–Kier alpha value is -1.02. The van der Waals surface area contributed by atoms with Crippen LogP contribution in [0.5, 0.6) is 5.75 Å². The molecule has 1 rings (SSSR count). The van der Waals surface area contributed by atoms with Gasteiger partial charge in [-0.3, -0.25) is 0 Å². The van der Waals surface area contributed by atoms with Gasteiger partial charge in [-0.15, -0.1) is 0 Å². The van der Waals surface area contributed by atoms with E-state index in [1.807, 2.05) is 6.07 Å². The lowest BCUT2D eigenvalue weighted by Gasteiger charge is -2.20. The molecule has 0 aliphatic heterocycles. The van der Waals surface area contributed by atoms with Crippen LogP contribution in [-0.4, -0.2) is 19.2 Å². The Morgan fingerprint density at radius 1 is 1.28 bits per heavy atom. The highest BCUT2D eigenvalue weighted by molar-refractivity contribution is 5.32. The minimum absolute atomic E-state index is 0.172. The van der Waals surface area contributed by atoms with E-state index >= 15 is 0 Å². The van der Waals surface area contributed by atoms with Crippen LogP contribution in [0.15, 0.2) is 24.3 Å². The summed E-state index contributed by atoms with van der Waals surface area (Å²) in [5.41, 5.74) is 1.49. The van der Waals surface area contributed by atoms with Crippen LogP contribution >= 0.6 is 0 Å². The van der Waals surface area contributed by atoms with E-state index < -0.39 is 0 Å². The third kappa shape index (κ3) is 5.09. The molecule has 0 saturated carbocycles. The van der Waals surface area contributed by atoms with Crippen molar-refractivity contribution in [3.63, 3.8) is 0 Å². The lowest BCUT2D eigenvalue weighted by atomic mass is 9.87. The van der Waals surface area contributed by atoms with Gasteiger partial charge in [0, 0.05) is 6.04 Å². The fourth-order valence-corrected chi connectivity index (χ4v) is 1.72. The Labute approximate surface area is 112 Å². The van der Waals surface area contributed by atoms with Gasteiger partial charge in [-0.05, 0) is 43.0 Å². The molecule has 0 aromatic heterocycles. The summed E-state index contributed by atoms with van der Waals surface area (Å²) in [5, 5.41) is 3.42. The first-order valence-electron chi connectivity index (χ1n) is 6.90. The fraction of sp³-hybridized carbons (Fsp3) is 0.625. The summed E-state index contributed by atoms with van der Waals surface area (Å²) in [6.45, 7) is 12.8. The Morgan fingerprint density at radius 2 is 2.00 bits per heavy atom. The average Bonchev–Trinajstić information content (AvgIpc) is 2.33. The first-order valence-corrected chi connectivity index (χ1v) is 6.90. The quantitative estimate of drug-likeness (QED) is 0.829. The third-order valence-electron chi connectivity index (χ3n) is 2.94. The Morgan fingerprint density at radius 3 is 2.61 bits per heavy atom. The Balaban J connectivity index is 2.52. The van der Waals surface area contributed by atoms with Crippen LogP contribution in [0.3, 0.4) is 0 Å². The lowest BCUT2D eigenvalue weighted by molar-refractivity contribution is 0.273. The van der Waals surface area contributed by atoms with E-state index in [0.717, 1.165) is 18.7 Å². The highest BCUT2D eigenvalue weighted by Crippen LogP contribution is 2.25. The standard InChI is InChI=1S/C16H27NO/c1-6-10-17-13(2)12-18-15-9-7-8-14(11-15)16(3,4)5/h7-9,11,13,17H,6,10,12H2,1-5H3. The van der Waals surface area contributed by atoms with E-state index in [-0.39, 0.29) is 5.41 Å². The average molecular weight is 249 g/mol. The first kappa shape index (κ1) is 15.0. The fourth-order valence-electron chi connectivity index (χ4n) is 1.72. The van der Waals surface area contributed by atoms with E-state index in [0.29, 0.717) is 12.6 Å². The van der Waals surface area contributed by atoms with Crippen LogP contribution in [0.25, 0.3) is 0 Å². The number of ether oxygens (including phenoxy) is 1. The summed E-state index contributed by atoms with van der Waals surface area (Å²) in [4.78, 5) is 0. The summed E-state index contributed by atoms with van der Waals surface area (Å²) in [7, 11) is 0. The summed E-state index contributed by atoms with van der Waals surface area (Å²) in [5.74, 6) is 0.965. The van der Waals surface area contributed by atoms with Crippen molar-refractivity contribution < 1.29 is 4.74 Å². The van der Waals surface area contributed by atoms with Crippen molar-refractivity contribution in [3.05, 3.63) is 29.8 Å². The molecule has 1 atom stereocenters. The van der Waals surface area contributed by atoms with Crippen molar-refractivity contribution in [2.24, 2.45) is 0 Å². The van der Waals surface area contributed by atoms with Crippen LogP contribution in [0, 0.1) is 0 Å². The van der Waals surface area contributed by atoms with E-state index in [4.69, 9.17) is 4.74 Å². The van der Waals surface area contributed by atoms with Crippen LogP contribution in [0.1, 0.15) is 46.6 Å². The van der Waals surface area contributed by atoms with Gasteiger partial charge in [0.1, 0.15) is 12.4 Å². The molecule has 0 heterocycles. The molecular weight excluding hydrogens is 222 g/mol. The van der Waals surface area contributed by atoms with Crippen molar-refractivity contribution in [2.45, 2.75) is 52.5 Å². The Kier molecular flexibility index (Phi) is 5.67. The molecule has 1 N–H and O–H groups in total.